The van der Waals surface area contributed by atoms with Gasteiger partial charge in [0.1, 0.15) is 0 Å². The Bertz CT molecular complexity index is 1340. The number of benzene rings is 3. The van der Waals surface area contributed by atoms with E-state index in [1.165, 1.54) is 28.5 Å². The van der Waals surface area contributed by atoms with Gasteiger partial charge < -0.3 is 5.11 Å². The smallest absolute Gasteiger partial charge is 0.261 e. The lowest BCUT2D eigenvalue weighted by molar-refractivity contribution is 0.416. The van der Waals surface area contributed by atoms with E-state index in [1.54, 1.807) is 12.3 Å². The summed E-state index contributed by atoms with van der Waals surface area (Å²) >= 11 is 0. The number of nitrogens with zero attached hydrogens (tertiary/aromatic N) is 2. The highest BCUT2D eigenvalue weighted by Gasteiger charge is 2.16. The Kier molecular flexibility index (Phi) is 5.13. The maximum atomic E-state index is 13.1. The molecule has 3 aromatic carbocycles. The van der Waals surface area contributed by atoms with Crippen molar-refractivity contribution < 1.29 is 5.11 Å². The first-order chi connectivity index (χ1) is 15.2. The summed E-state index contributed by atoms with van der Waals surface area (Å²) in [6.07, 6.45) is 6.23. The summed E-state index contributed by atoms with van der Waals surface area (Å²) in [4.78, 5) is 17.9. The molecule has 154 valence electrons. The maximum Gasteiger partial charge on any atom is 0.261 e. The first kappa shape index (κ1) is 19.3. The number of aromatic hydroxyl groups is 1. The highest BCUT2D eigenvalue weighted by Crippen LogP contribution is 2.31. The van der Waals surface area contributed by atoms with Crippen LogP contribution in [0.1, 0.15) is 35.1 Å². The predicted octanol–water partition coefficient (Wildman–Crippen LogP) is 5.38. The third kappa shape index (κ3) is 3.66. The van der Waals surface area contributed by atoms with Crippen LogP contribution in [0.3, 0.4) is 0 Å². The van der Waals surface area contributed by atoms with Crippen molar-refractivity contribution in [1.82, 2.24) is 4.57 Å². The molecule has 0 saturated heterocycles. The third-order valence-electron chi connectivity index (χ3n) is 6.08. The van der Waals surface area contributed by atoms with Gasteiger partial charge in [0.2, 0.25) is 5.88 Å². The van der Waals surface area contributed by atoms with Crippen LogP contribution in [0.15, 0.2) is 82.6 Å². The summed E-state index contributed by atoms with van der Waals surface area (Å²) in [6, 6.07) is 23.4. The van der Waals surface area contributed by atoms with Gasteiger partial charge in [-0.15, -0.1) is 0 Å². The zero-order chi connectivity index (χ0) is 21.2. The summed E-state index contributed by atoms with van der Waals surface area (Å²) in [5.41, 5.74) is 4.93. The minimum atomic E-state index is -0.203. The SMILES string of the molecule is O=c1c2ccccc2c(C=Nc2cccc3c2CCCC3)c(O)n1Cc1ccccc1. The molecular weight excluding hydrogens is 384 g/mol. The lowest BCUT2D eigenvalue weighted by Gasteiger charge is -2.17. The molecule has 4 heteroatoms. The maximum absolute atomic E-state index is 13.1. The van der Waals surface area contributed by atoms with Crippen LogP contribution in [0.25, 0.3) is 10.8 Å². The van der Waals surface area contributed by atoms with E-state index in [2.05, 4.69) is 6.07 Å². The molecule has 0 atom stereocenters. The number of aryl methyl sites for hydroxylation is 1. The van der Waals surface area contributed by atoms with Crippen LogP contribution in [-0.2, 0) is 19.4 Å². The van der Waals surface area contributed by atoms with Gasteiger partial charge in [-0.05, 0) is 54.5 Å². The second kappa shape index (κ2) is 8.23. The van der Waals surface area contributed by atoms with Gasteiger partial charge in [-0.3, -0.25) is 14.4 Å². The molecule has 0 bridgehead atoms. The molecule has 0 fully saturated rings. The quantitative estimate of drug-likeness (QED) is 0.461. The van der Waals surface area contributed by atoms with Gasteiger partial charge in [0.05, 0.1) is 17.8 Å². The van der Waals surface area contributed by atoms with Crippen LogP contribution in [0.4, 0.5) is 5.69 Å². The first-order valence-electron chi connectivity index (χ1n) is 10.8. The number of hydrogen-bond donors (Lipinski definition) is 1. The lowest BCUT2D eigenvalue weighted by Crippen LogP contribution is -2.22. The van der Waals surface area contributed by atoms with E-state index in [4.69, 9.17) is 4.99 Å². The molecule has 0 spiro atoms. The zero-order valence-electron chi connectivity index (χ0n) is 17.3. The molecular formula is C27H24N2O2. The number of fused-ring (bicyclic) bond motifs is 2. The molecule has 0 unspecified atom stereocenters. The van der Waals surface area contributed by atoms with Crippen molar-refractivity contribution in [3.63, 3.8) is 0 Å². The molecule has 0 saturated carbocycles. The van der Waals surface area contributed by atoms with Gasteiger partial charge in [-0.25, -0.2) is 0 Å². The molecule has 1 aliphatic carbocycles. The summed E-state index contributed by atoms with van der Waals surface area (Å²) in [6.45, 7) is 0.303. The third-order valence-corrected chi connectivity index (χ3v) is 6.08. The van der Waals surface area contributed by atoms with E-state index >= 15 is 0 Å². The average molecular weight is 409 g/mol. The summed E-state index contributed by atoms with van der Waals surface area (Å²) < 4.78 is 1.43. The van der Waals surface area contributed by atoms with Crippen LogP contribution >= 0.6 is 0 Å². The van der Waals surface area contributed by atoms with Crippen LogP contribution in [-0.4, -0.2) is 15.9 Å². The van der Waals surface area contributed by atoms with Gasteiger partial charge >= 0.3 is 0 Å². The lowest BCUT2D eigenvalue weighted by atomic mass is 9.90. The molecule has 0 radical (unpaired) electrons. The van der Waals surface area contributed by atoms with Crippen molar-refractivity contribution in [2.75, 3.05) is 0 Å². The Morgan fingerprint density at radius 2 is 1.61 bits per heavy atom. The van der Waals surface area contributed by atoms with Gasteiger partial charge in [0.15, 0.2) is 0 Å². The number of aromatic nitrogens is 1. The van der Waals surface area contributed by atoms with Crippen molar-refractivity contribution in [3.8, 4) is 5.88 Å². The molecule has 4 aromatic rings. The minimum Gasteiger partial charge on any atom is -0.494 e. The molecule has 4 nitrogen and oxygen atoms in total. The number of pyridine rings is 1. The fourth-order valence-electron chi connectivity index (χ4n) is 4.47. The van der Waals surface area contributed by atoms with E-state index in [9.17, 15) is 9.90 Å². The Morgan fingerprint density at radius 3 is 2.45 bits per heavy atom. The van der Waals surface area contributed by atoms with Crippen LogP contribution in [0, 0.1) is 0 Å². The first-order valence-corrected chi connectivity index (χ1v) is 10.8. The monoisotopic (exact) mass is 408 g/mol. The largest absolute Gasteiger partial charge is 0.494 e. The Balaban J connectivity index is 1.65. The van der Waals surface area contributed by atoms with E-state index in [0.29, 0.717) is 22.9 Å². The highest BCUT2D eigenvalue weighted by atomic mass is 16.3. The van der Waals surface area contributed by atoms with Crippen LogP contribution < -0.4 is 5.56 Å². The molecule has 1 N–H and O–H groups in total. The normalized spacial score (nSPS) is 13.5. The molecule has 1 aliphatic rings. The van der Waals surface area contributed by atoms with Crippen molar-refractivity contribution in [2.45, 2.75) is 32.2 Å². The fourth-order valence-corrected chi connectivity index (χ4v) is 4.47. The van der Waals surface area contributed by atoms with Crippen LogP contribution in [0.2, 0.25) is 0 Å². The second-order valence-corrected chi connectivity index (χ2v) is 8.04. The van der Waals surface area contributed by atoms with Crippen molar-refractivity contribution in [2.24, 2.45) is 4.99 Å². The van der Waals surface area contributed by atoms with Crippen molar-refractivity contribution >= 4 is 22.7 Å². The van der Waals surface area contributed by atoms with E-state index in [-0.39, 0.29) is 11.4 Å². The average Bonchev–Trinajstić information content (AvgIpc) is 2.82. The topological polar surface area (TPSA) is 54.6 Å². The Morgan fingerprint density at radius 1 is 0.871 bits per heavy atom. The van der Waals surface area contributed by atoms with Gasteiger partial charge in [-0.1, -0.05) is 60.7 Å². The summed E-state index contributed by atoms with van der Waals surface area (Å²) in [5.74, 6) is -0.0545. The summed E-state index contributed by atoms with van der Waals surface area (Å²) in [5, 5.41) is 12.4. The fraction of sp³-hybridized carbons (Fsp3) is 0.185. The van der Waals surface area contributed by atoms with E-state index in [1.807, 2.05) is 60.7 Å². The van der Waals surface area contributed by atoms with Crippen molar-refractivity contribution in [1.29, 1.82) is 0 Å². The number of hydrogen-bond acceptors (Lipinski definition) is 3. The van der Waals surface area contributed by atoms with Gasteiger partial charge in [-0.2, -0.15) is 0 Å². The molecule has 1 heterocycles. The Hall–Kier alpha value is -3.66. The van der Waals surface area contributed by atoms with Crippen LogP contribution in [0.5, 0.6) is 5.88 Å². The second-order valence-electron chi connectivity index (χ2n) is 8.04. The molecule has 1 aromatic heterocycles. The zero-order valence-corrected chi connectivity index (χ0v) is 17.3. The molecule has 31 heavy (non-hydrogen) atoms. The highest BCUT2D eigenvalue weighted by molar-refractivity contribution is 6.02. The predicted molar refractivity (Wildman–Crippen MR) is 126 cm³/mol. The number of rotatable bonds is 4. The van der Waals surface area contributed by atoms with Crippen molar-refractivity contribution in [3.05, 3.63) is 105 Å². The van der Waals surface area contributed by atoms with Gasteiger partial charge in [0, 0.05) is 17.0 Å². The number of aliphatic imine (C=N–C) groups is 1. The molecule has 0 aliphatic heterocycles. The standard InChI is InChI=1S/C27H24N2O2/c30-26-23-15-7-6-14-22(23)24(27(31)29(26)18-19-9-2-1-3-10-19)17-28-25-16-8-12-20-11-4-5-13-21(20)25/h1-3,6-10,12,14-17,31H,4-5,11,13,18H2. The molecule has 5 rings (SSSR count). The van der Waals surface area contributed by atoms with E-state index < -0.39 is 0 Å². The summed E-state index contributed by atoms with van der Waals surface area (Å²) in [7, 11) is 0. The molecule has 0 amide bonds. The van der Waals surface area contributed by atoms with E-state index in [0.717, 1.165) is 24.1 Å². The minimum absolute atomic E-state index is 0.0545. The van der Waals surface area contributed by atoms with Gasteiger partial charge in [0.25, 0.3) is 5.56 Å². The Labute approximate surface area is 181 Å².